The predicted molar refractivity (Wildman–Crippen MR) is 92.8 cm³/mol. The SMILES string of the molecule is CC(=NNc1ccccc1C(=O)O)c1ccc(-n2ccnc2)cc1. The van der Waals surface area contributed by atoms with E-state index in [4.69, 9.17) is 0 Å². The molecule has 2 N–H and O–H groups in total. The molecule has 0 saturated carbocycles. The van der Waals surface area contributed by atoms with Crippen LogP contribution in [-0.2, 0) is 0 Å². The maximum Gasteiger partial charge on any atom is 0.337 e. The fourth-order valence-electron chi connectivity index (χ4n) is 2.26. The first kappa shape index (κ1) is 15.5. The Bertz CT molecular complexity index is 868. The Hall–Kier alpha value is -3.41. The number of carboxylic acids is 1. The first-order valence-electron chi connectivity index (χ1n) is 7.36. The highest BCUT2D eigenvalue weighted by Crippen LogP contribution is 2.15. The van der Waals surface area contributed by atoms with Crippen molar-refractivity contribution in [1.82, 2.24) is 9.55 Å². The zero-order valence-corrected chi connectivity index (χ0v) is 13.0. The van der Waals surface area contributed by atoms with Gasteiger partial charge in [-0.1, -0.05) is 24.3 Å². The van der Waals surface area contributed by atoms with Crippen molar-refractivity contribution in [3.8, 4) is 5.69 Å². The van der Waals surface area contributed by atoms with E-state index in [-0.39, 0.29) is 5.56 Å². The zero-order chi connectivity index (χ0) is 16.9. The number of hydrogen-bond donors (Lipinski definition) is 2. The normalized spacial score (nSPS) is 11.3. The van der Waals surface area contributed by atoms with Crippen LogP contribution in [0.4, 0.5) is 5.69 Å². The molecular weight excluding hydrogens is 304 g/mol. The zero-order valence-electron chi connectivity index (χ0n) is 13.0. The number of benzene rings is 2. The van der Waals surface area contributed by atoms with E-state index in [2.05, 4.69) is 15.5 Å². The molecule has 0 saturated heterocycles. The number of aromatic carboxylic acids is 1. The van der Waals surface area contributed by atoms with Crippen molar-refractivity contribution in [3.63, 3.8) is 0 Å². The second-order valence-corrected chi connectivity index (χ2v) is 5.18. The summed E-state index contributed by atoms with van der Waals surface area (Å²) in [5.74, 6) is -0.990. The molecule has 0 atom stereocenters. The Balaban J connectivity index is 1.78. The van der Waals surface area contributed by atoms with E-state index in [1.165, 1.54) is 6.07 Å². The van der Waals surface area contributed by atoms with E-state index in [9.17, 15) is 9.90 Å². The van der Waals surface area contributed by atoms with Crippen LogP contribution in [0, 0.1) is 0 Å². The van der Waals surface area contributed by atoms with E-state index in [0.29, 0.717) is 5.69 Å². The maximum atomic E-state index is 11.2. The standard InChI is InChI=1S/C18H16N4O2/c1-13(20-21-17-5-3-2-4-16(17)18(23)24)14-6-8-15(9-7-14)22-11-10-19-12-22/h2-12,21H,1H3,(H,23,24). The predicted octanol–water partition coefficient (Wildman–Crippen LogP) is 3.41. The van der Waals surface area contributed by atoms with Crippen LogP contribution < -0.4 is 5.43 Å². The highest BCUT2D eigenvalue weighted by molar-refractivity contribution is 6.00. The van der Waals surface area contributed by atoms with E-state index in [1.54, 1.807) is 30.7 Å². The smallest absolute Gasteiger partial charge is 0.337 e. The third-order valence-electron chi connectivity index (χ3n) is 3.59. The lowest BCUT2D eigenvalue weighted by atomic mass is 10.1. The van der Waals surface area contributed by atoms with Gasteiger partial charge in [-0.25, -0.2) is 9.78 Å². The summed E-state index contributed by atoms with van der Waals surface area (Å²) in [6, 6.07) is 14.5. The molecule has 1 heterocycles. The molecule has 3 aromatic rings. The number of carbonyl (C=O) groups is 1. The van der Waals surface area contributed by atoms with Gasteiger partial charge in [-0.2, -0.15) is 5.10 Å². The van der Waals surface area contributed by atoms with E-state index < -0.39 is 5.97 Å². The second-order valence-electron chi connectivity index (χ2n) is 5.18. The van der Waals surface area contributed by atoms with Gasteiger partial charge in [0.1, 0.15) is 0 Å². The van der Waals surface area contributed by atoms with E-state index in [0.717, 1.165) is 17.0 Å². The number of hydrazone groups is 1. The fraction of sp³-hybridized carbons (Fsp3) is 0.0556. The average molecular weight is 320 g/mol. The number of anilines is 1. The summed E-state index contributed by atoms with van der Waals surface area (Å²) < 4.78 is 1.91. The van der Waals surface area contributed by atoms with Crippen LogP contribution in [0.1, 0.15) is 22.8 Å². The number of para-hydroxylation sites is 1. The Morgan fingerprint density at radius 2 is 1.92 bits per heavy atom. The summed E-state index contributed by atoms with van der Waals surface area (Å²) >= 11 is 0. The van der Waals surface area contributed by atoms with Gasteiger partial charge in [-0.05, 0) is 36.8 Å². The molecular formula is C18H16N4O2. The molecule has 0 radical (unpaired) electrons. The lowest BCUT2D eigenvalue weighted by molar-refractivity contribution is 0.0698. The molecule has 0 bridgehead atoms. The Labute approximate surface area is 139 Å². The van der Waals surface area contributed by atoms with Gasteiger partial charge in [0.05, 0.1) is 23.3 Å². The molecule has 0 amide bonds. The van der Waals surface area contributed by atoms with E-state index >= 15 is 0 Å². The third kappa shape index (κ3) is 3.33. The van der Waals surface area contributed by atoms with Gasteiger partial charge in [0.25, 0.3) is 0 Å². The van der Waals surface area contributed by atoms with Gasteiger partial charge in [0.2, 0.25) is 0 Å². The average Bonchev–Trinajstić information content (AvgIpc) is 3.14. The highest BCUT2D eigenvalue weighted by atomic mass is 16.4. The van der Waals surface area contributed by atoms with Gasteiger partial charge in [-0.3, -0.25) is 5.43 Å². The summed E-state index contributed by atoms with van der Waals surface area (Å²) in [6.07, 6.45) is 5.34. The number of nitrogens with zero attached hydrogens (tertiary/aromatic N) is 3. The Morgan fingerprint density at radius 1 is 1.17 bits per heavy atom. The summed E-state index contributed by atoms with van der Waals surface area (Å²) in [7, 11) is 0. The van der Waals surface area contributed by atoms with Crippen LogP contribution >= 0.6 is 0 Å². The number of carboxylic acid groups (broad SMARTS) is 1. The molecule has 0 spiro atoms. The fourth-order valence-corrected chi connectivity index (χ4v) is 2.26. The molecule has 2 aromatic carbocycles. The van der Waals surface area contributed by atoms with Gasteiger partial charge in [-0.15, -0.1) is 0 Å². The largest absolute Gasteiger partial charge is 0.478 e. The number of imidazole rings is 1. The Morgan fingerprint density at radius 3 is 2.58 bits per heavy atom. The summed E-state index contributed by atoms with van der Waals surface area (Å²) in [5, 5.41) is 13.5. The van der Waals surface area contributed by atoms with Crippen molar-refractivity contribution < 1.29 is 9.90 Å². The van der Waals surface area contributed by atoms with Crippen molar-refractivity contribution in [3.05, 3.63) is 78.4 Å². The molecule has 3 rings (SSSR count). The lowest BCUT2D eigenvalue weighted by Crippen LogP contribution is -2.05. The van der Waals surface area contributed by atoms with Crippen LogP contribution in [0.15, 0.2) is 72.4 Å². The van der Waals surface area contributed by atoms with Crippen molar-refractivity contribution in [2.45, 2.75) is 6.92 Å². The van der Waals surface area contributed by atoms with Crippen LogP contribution in [0.25, 0.3) is 5.69 Å². The van der Waals surface area contributed by atoms with Crippen LogP contribution in [0.5, 0.6) is 0 Å². The van der Waals surface area contributed by atoms with Crippen molar-refractivity contribution >= 4 is 17.4 Å². The van der Waals surface area contributed by atoms with Gasteiger partial charge in [0, 0.05) is 18.1 Å². The molecule has 0 aliphatic heterocycles. The first-order chi connectivity index (χ1) is 11.6. The number of nitrogens with one attached hydrogen (secondary N) is 1. The van der Waals surface area contributed by atoms with Gasteiger partial charge in [0.15, 0.2) is 0 Å². The third-order valence-corrected chi connectivity index (χ3v) is 3.59. The number of rotatable bonds is 5. The molecule has 1 aromatic heterocycles. The van der Waals surface area contributed by atoms with E-state index in [1.807, 2.05) is 42.0 Å². The molecule has 24 heavy (non-hydrogen) atoms. The number of hydrogen-bond acceptors (Lipinski definition) is 4. The van der Waals surface area contributed by atoms with Crippen LogP contribution in [-0.4, -0.2) is 26.3 Å². The second kappa shape index (κ2) is 6.78. The van der Waals surface area contributed by atoms with Crippen LogP contribution in [0.2, 0.25) is 0 Å². The molecule has 0 aliphatic carbocycles. The minimum atomic E-state index is -0.990. The molecule has 0 aliphatic rings. The summed E-state index contributed by atoms with van der Waals surface area (Å²) in [6.45, 7) is 1.86. The Kier molecular flexibility index (Phi) is 4.38. The molecule has 0 unspecified atom stereocenters. The minimum Gasteiger partial charge on any atom is -0.478 e. The summed E-state index contributed by atoms with van der Waals surface area (Å²) in [4.78, 5) is 15.2. The topological polar surface area (TPSA) is 79.5 Å². The highest BCUT2D eigenvalue weighted by Gasteiger charge is 2.08. The van der Waals surface area contributed by atoms with Crippen molar-refractivity contribution in [2.75, 3.05) is 5.43 Å². The molecule has 0 fully saturated rings. The quantitative estimate of drug-likeness (QED) is 0.558. The molecule has 120 valence electrons. The monoisotopic (exact) mass is 320 g/mol. The van der Waals surface area contributed by atoms with Gasteiger partial charge >= 0.3 is 5.97 Å². The lowest BCUT2D eigenvalue weighted by Gasteiger charge is -2.07. The summed E-state index contributed by atoms with van der Waals surface area (Å²) in [5.41, 5.74) is 6.18. The molecule has 6 heteroatoms. The number of aromatic nitrogens is 2. The first-order valence-corrected chi connectivity index (χ1v) is 7.36. The molecule has 6 nitrogen and oxygen atoms in total. The minimum absolute atomic E-state index is 0.185. The van der Waals surface area contributed by atoms with Crippen LogP contribution in [0.3, 0.4) is 0 Å². The van der Waals surface area contributed by atoms with Crippen molar-refractivity contribution in [2.24, 2.45) is 5.10 Å². The van der Waals surface area contributed by atoms with Crippen molar-refractivity contribution in [1.29, 1.82) is 0 Å². The van der Waals surface area contributed by atoms with Gasteiger partial charge < -0.3 is 9.67 Å². The maximum absolute atomic E-state index is 11.2.